The molecule has 2 nitrogen and oxygen atoms in total. The van der Waals surface area contributed by atoms with Gasteiger partial charge in [0.1, 0.15) is 0 Å². The molecule has 1 atom stereocenters. The molecule has 0 amide bonds. The van der Waals surface area contributed by atoms with Crippen LogP contribution in [0.15, 0.2) is 16.6 Å². The first-order valence-electron chi connectivity index (χ1n) is 4.36. The first-order valence-corrected chi connectivity index (χ1v) is 5.16. The Bertz CT molecular complexity index is 326. The van der Waals surface area contributed by atoms with Crippen LogP contribution in [0.1, 0.15) is 25.5 Å². The second-order valence-electron chi connectivity index (χ2n) is 2.89. The van der Waals surface area contributed by atoms with E-state index in [0.717, 1.165) is 0 Å². The van der Waals surface area contributed by atoms with Crippen LogP contribution in [-0.2, 0) is 0 Å². The molecule has 0 aromatic heterocycles. The lowest BCUT2D eigenvalue weighted by molar-refractivity contribution is 0.192. The van der Waals surface area contributed by atoms with E-state index in [1.165, 1.54) is 13.0 Å². The molecule has 1 rings (SSSR count). The van der Waals surface area contributed by atoms with E-state index < -0.39 is 11.9 Å². The summed E-state index contributed by atoms with van der Waals surface area (Å²) < 4.78 is 19.3. The molecule has 0 bridgehead atoms. The van der Waals surface area contributed by atoms with Gasteiger partial charge in [-0.25, -0.2) is 4.39 Å². The molecule has 0 saturated carbocycles. The van der Waals surface area contributed by atoms with Crippen molar-refractivity contribution in [1.82, 2.24) is 0 Å². The fourth-order valence-electron chi connectivity index (χ4n) is 1.15. The number of benzene rings is 1. The summed E-state index contributed by atoms with van der Waals surface area (Å²) in [5.41, 5.74) is 0.247. The minimum Gasteiger partial charge on any atom is -0.490 e. The van der Waals surface area contributed by atoms with Crippen molar-refractivity contribution in [1.29, 1.82) is 0 Å². The van der Waals surface area contributed by atoms with Crippen LogP contribution < -0.4 is 4.74 Å². The summed E-state index contributed by atoms with van der Waals surface area (Å²) in [5, 5.41) is 9.28. The van der Waals surface area contributed by atoms with E-state index in [1.54, 1.807) is 13.0 Å². The Kier molecular flexibility index (Phi) is 3.89. The van der Waals surface area contributed by atoms with E-state index in [0.29, 0.717) is 11.1 Å². The van der Waals surface area contributed by atoms with Gasteiger partial charge in [0.05, 0.1) is 17.2 Å². The van der Waals surface area contributed by atoms with Gasteiger partial charge >= 0.3 is 0 Å². The van der Waals surface area contributed by atoms with E-state index in [9.17, 15) is 9.50 Å². The van der Waals surface area contributed by atoms with Gasteiger partial charge in [0.2, 0.25) is 0 Å². The summed E-state index contributed by atoms with van der Waals surface area (Å²) in [5.74, 6) is -0.345. The highest BCUT2D eigenvalue weighted by Crippen LogP contribution is 2.32. The van der Waals surface area contributed by atoms with Gasteiger partial charge in [0.15, 0.2) is 11.6 Å². The number of hydrogen-bond donors (Lipinski definition) is 1. The highest BCUT2D eigenvalue weighted by Gasteiger charge is 2.15. The average molecular weight is 263 g/mol. The van der Waals surface area contributed by atoms with Crippen LogP contribution in [0.2, 0.25) is 0 Å². The number of aliphatic hydroxyl groups excluding tert-OH is 1. The minimum absolute atomic E-state index is 0.158. The Morgan fingerprint density at radius 1 is 1.57 bits per heavy atom. The first-order chi connectivity index (χ1) is 6.57. The predicted octanol–water partition coefficient (Wildman–Crippen LogP) is 3.04. The number of hydrogen-bond acceptors (Lipinski definition) is 2. The molecule has 4 heteroatoms. The van der Waals surface area contributed by atoms with Crippen LogP contribution in [-0.4, -0.2) is 11.7 Å². The van der Waals surface area contributed by atoms with Crippen LogP contribution in [0.4, 0.5) is 4.39 Å². The third-order valence-electron chi connectivity index (χ3n) is 1.82. The predicted molar refractivity (Wildman–Crippen MR) is 55.9 cm³/mol. The van der Waals surface area contributed by atoms with Crippen molar-refractivity contribution in [3.63, 3.8) is 0 Å². The van der Waals surface area contributed by atoms with Crippen LogP contribution >= 0.6 is 15.9 Å². The second kappa shape index (κ2) is 4.75. The zero-order chi connectivity index (χ0) is 10.7. The highest BCUT2D eigenvalue weighted by molar-refractivity contribution is 9.10. The Balaban J connectivity index is 3.19. The monoisotopic (exact) mass is 262 g/mol. The third kappa shape index (κ3) is 2.25. The number of rotatable bonds is 3. The van der Waals surface area contributed by atoms with E-state index in [-0.39, 0.29) is 11.3 Å². The molecule has 78 valence electrons. The molecule has 1 aromatic rings. The van der Waals surface area contributed by atoms with Crippen LogP contribution in [0.5, 0.6) is 5.75 Å². The molecule has 1 unspecified atom stereocenters. The minimum atomic E-state index is -0.831. The summed E-state index contributed by atoms with van der Waals surface area (Å²) in [6, 6.07) is 3.20. The van der Waals surface area contributed by atoms with Gasteiger partial charge in [-0.1, -0.05) is 6.07 Å². The quantitative estimate of drug-likeness (QED) is 0.908. The molecular formula is C10H12BrFO2. The topological polar surface area (TPSA) is 29.5 Å². The van der Waals surface area contributed by atoms with Crippen LogP contribution in [0.25, 0.3) is 0 Å². The summed E-state index contributed by atoms with van der Waals surface area (Å²) in [4.78, 5) is 0. The van der Waals surface area contributed by atoms with Crippen molar-refractivity contribution in [2.24, 2.45) is 0 Å². The average Bonchev–Trinajstić information content (AvgIpc) is 2.11. The Morgan fingerprint density at radius 2 is 2.21 bits per heavy atom. The molecule has 0 aliphatic rings. The summed E-state index contributed by atoms with van der Waals surface area (Å²) >= 11 is 3.18. The van der Waals surface area contributed by atoms with Crippen molar-refractivity contribution in [3.05, 3.63) is 28.0 Å². The van der Waals surface area contributed by atoms with Gasteiger partial charge in [0, 0.05) is 5.56 Å². The lowest BCUT2D eigenvalue weighted by atomic mass is 10.1. The smallest absolute Gasteiger partial charge is 0.172 e. The maximum absolute atomic E-state index is 13.7. The van der Waals surface area contributed by atoms with E-state index in [2.05, 4.69) is 15.9 Å². The summed E-state index contributed by atoms with van der Waals surface area (Å²) in [6.45, 7) is 3.68. The molecule has 0 fully saturated rings. The van der Waals surface area contributed by atoms with Gasteiger partial charge < -0.3 is 9.84 Å². The van der Waals surface area contributed by atoms with Gasteiger partial charge in [-0.3, -0.25) is 0 Å². The molecule has 0 saturated heterocycles. The van der Waals surface area contributed by atoms with Crippen molar-refractivity contribution in [2.75, 3.05) is 6.61 Å². The van der Waals surface area contributed by atoms with Gasteiger partial charge in [-0.05, 0) is 35.8 Å². The number of ether oxygens (including phenoxy) is 1. The van der Waals surface area contributed by atoms with Gasteiger partial charge in [0.25, 0.3) is 0 Å². The van der Waals surface area contributed by atoms with Gasteiger partial charge in [-0.2, -0.15) is 0 Å². The fourth-order valence-corrected chi connectivity index (χ4v) is 1.57. The van der Waals surface area contributed by atoms with Crippen LogP contribution in [0, 0.1) is 5.82 Å². The maximum atomic E-state index is 13.7. The molecule has 0 spiro atoms. The van der Waals surface area contributed by atoms with Crippen molar-refractivity contribution < 1.29 is 14.2 Å². The molecule has 0 heterocycles. The molecule has 14 heavy (non-hydrogen) atoms. The lowest BCUT2D eigenvalue weighted by Gasteiger charge is -2.12. The molecule has 0 aliphatic carbocycles. The lowest BCUT2D eigenvalue weighted by Crippen LogP contribution is -2.01. The van der Waals surface area contributed by atoms with Gasteiger partial charge in [-0.15, -0.1) is 0 Å². The maximum Gasteiger partial charge on any atom is 0.172 e. The third-order valence-corrected chi connectivity index (χ3v) is 2.44. The summed E-state index contributed by atoms with van der Waals surface area (Å²) in [6.07, 6.45) is -0.831. The molecule has 1 N–H and O–H groups in total. The molecule has 1 aromatic carbocycles. The number of halogens is 2. The fraction of sp³-hybridized carbons (Fsp3) is 0.400. The van der Waals surface area contributed by atoms with E-state index in [4.69, 9.17) is 4.74 Å². The first kappa shape index (κ1) is 11.5. The van der Waals surface area contributed by atoms with Crippen molar-refractivity contribution in [3.8, 4) is 5.75 Å². The second-order valence-corrected chi connectivity index (χ2v) is 3.74. The normalized spacial score (nSPS) is 12.6. The molecular weight excluding hydrogens is 251 g/mol. The van der Waals surface area contributed by atoms with Crippen molar-refractivity contribution >= 4 is 15.9 Å². The Hall–Kier alpha value is -0.610. The van der Waals surface area contributed by atoms with E-state index >= 15 is 0 Å². The largest absolute Gasteiger partial charge is 0.490 e. The standard InChI is InChI=1S/C10H12BrFO2/c1-3-14-10-8(11)5-4-7(6(2)13)9(10)12/h4-6,13H,3H2,1-2H3. The summed E-state index contributed by atoms with van der Waals surface area (Å²) in [7, 11) is 0. The van der Waals surface area contributed by atoms with E-state index in [1.807, 2.05) is 0 Å². The molecule has 0 radical (unpaired) electrons. The highest BCUT2D eigenvalue weighted by atomic mass is 79.9. The zero-order valence-corrected chi connectivity index (χ0v) is 9.64. The Labute approximate surface area is 90.8 Å². The number of aliphatic hydroxyl groups is 1. The SMILES string of the molecule is CCOc1c(Br)ccc(C(C)O)c1F. The van der Waals surface area contributed by atoms with Crippen LogP contribution in [0.3, 0.4) is 0 Å². The zero-order valence-electron chi connectivity index (χ0n) is 8.05. The molecule has 0 aliphatic heterocycles. The van der Waals surface area contributed by atoms with Crippen molar-refractivity contribution in [2.45, 2.75) is 20.0 Å². The Morgan fingerprint density at radius 3 is 2.71 bits per heavy atom.